The molecule has 3 aromatic rings. The van der Waals surface area contributed by atoms with Crippen LogP contribution in [0.25, 0.3) is 11.5 Å². The number of rotatable bonds is 9. The summed E-state index contributed by atoms with van der Waals surface area (Å²) in [6.07, 6.45) is 2.35. The molecule has 0 bridgehead atoms. The van der Waals surface area contributed by atoms with Gasteiger partial charge in [-0.05, 0) is 53.7 Å². The first-order chi connectivity index (χ1) is 16.4. The molecule has 0 atom stereocenters. The predicted molar refractivity (Wildman–Crippen MR) is 151 cm³/mol. The van der Waals surface area contributed by atoms with E-state index in [0.29, 0.717) is 24.7 Å². The SMILES string of the molecule is CCN(CC)Cc1ccc(OCCc2coc(-c3cc(C(C)(C)C)c(O)c(C(C)(C)C)c3)n2)cc1.Cl. The Morgan fingerprint density at radius 1 is 0.917 bits per heavy atom. The Bertz CT molecular complexity index is 1070. The number of halogens is 1. The zero-order chi connectivity index (χ0) is 25.8. The summed E-state index contributed by atoms with van der Waals surface area (Å²) in [5.74, 6) is 1.79. The van der Waals surface area contributed by atoms with Crippen molar-refractivity contribution in [3.63, 3.8) is 0 Å². The molecule has 1 heterocycles. The first kappa shape index (κ1) is 29.7. The molecule has 1 aromatic heterocycles. The van der Waals surface area contributed by atoms with E-state index in [9.17, 15) is 5.11 Å². The molecule has 0 saturated carbocycles. The lowest BCUT2D eigenvalue weighted by Crippen LogP contribution is -2.21. The highest BCUT2D eigenvalue weighted by molar-refractivity contribution is 5.85. The standard InChI is InChI=1S/C30H42N2O3.ClH/c1-9-32(10-2)19-21-11-13-24(14-12-21)34-16-15-23-20-35-28(31-23)22-17-25(29(3,4)5)27(33)26(18-22)30(6,7)8;/h11-14,17-18,20,33H,9-10,15-16,19H2,1-8H3;1H. The molecular weight excluding hydrogens is 472 g/mol. The van der Waals surface area contributed by atoms with Gasteiger partial charge in [0.1, 0.15) is 17.8 Å². The molecule has 0 unspecified atom stereocenters. The summed E-state index contributed by atoms with van der Waals surface area (Å²) in [5, 5.41) is 11.0. The third-order valence-electron chi connectivity index (χ3n) is 6.38. The van der Waals surface area contributed by atoms with Gasteiger partial charge in [-0.3, -0.25) is 4.90 Å². The molecule has 5 nitrogen and oxygen atoms in total. The monoisotopic (exact) mass is 514 g/mol. The van der Waals surface area contributed by atoms with E-state index in [1.807, 2.05) is 24.3 Å². The van der Waals surface area contributed by atoms with E-state index >= 15 is 0 Å². The largest absolute Gasteiger partial charge is 0.507 e. The zero-order valence-electron chi connectivity index (χ0n) is 23.1. The number of benzene rings is 2. The molecule has 0 aliphatic carbocycles. The van der Waals surface area contributed by atoms with E-state index in [1.54, 1.807) is 6.26 Å². The van der Waals surface area contributed by atoms with Crippen molar-refractivity contribution in [3.8, 4) is 23.0 Å². The zero-order valence-corrected chi connectivity index (χ0v) is 24.0. The first-order valence-corrected chi connectivity index (χ1v) is 12.7. The molecule has 0 spiro atoms. The van der Waals surface area contributed by atoms with E-state index in [2.05, 4.69) is 72.4 Å². The highest BCUT2D eigenvalue weighted by atomic mass is 35.5. The highest BCUT2D eigenvalue weighted by Crippen LogP contribution is 2.41. The lowest BCUT2D eigenvalue weighted by molar-refractivity contribution is 0.295. The van der Waals surface area contributed by atoms with Crippen molar-refractivity contribution in [2.24, 2.45) is 0 Å². The van der Waals surface area contributed by atoms with E-state index in [0.717, 1.165) is 47.8 Å². The van der Waals surface area contributed by atoms with Gasteiger partial charge in [0.05, 0.1) is 12.3 Å². The van der Waals surface area contributed by atoms with E-state index in [4.69, 9.17) is 14.1 Å². The van der Waals surface area contributed by atoms with Crippen LogP contribution in [0, 0.1) is 0 Å². The van der Waals surface area contributed by atoms with Crippen molar-refractivity contribution < 1.29 is 14.3 Å². The van der Waals surface area contributed by atoms with Gasteiger partial charge in [-0.2, -0.15) is 0 Å². The van der Waals surface area contributed by atoms with Gasteiger partial charge in [0.25, 0.3) is 0 Å². The van der Waals surface area contributed by atoms with Crippen LogP contribution in [0.3, 0.4) is 0 Å². The number of phenols is 1. The van der Waals surface area contributed by atoms with Crippen LogP contribution in [-0.2, 0) is 23.8 Å². The quantitative estimate of drug-likeness (QED) is 0.320. The van der Waals surface area contributed by atoms with Gasteiger partial charge in [-0.15, -0.1) is 12.4 Å². The van der Waals surface area contributed by atoms with Crippen LogP contribution < -0.4 is 4.74 Å². The van der Waals surface area contributed by atoms with Crippen molar-refractivity contribution >= 4 is 12.4 Å². The number of oxazole rings is 1. The van der Waals surface area contributed by atoms with Gasteiger partial charge in [0.2, 0.25) is 5.89 Å². The van der Waals surface area contributed by atoms with E-state index in [-0.39, 0.29) is 23.2 Å². The third kappa shape index (κ3) is 7.50. The van der Waals surface area contributed by atoms with Crippen LogP contribution >= 0.6 is 12.4 Å². The van der Waals surface area contributed by atoms with Gasteiger partial charge in [-0.25, -0.2) is 4.98 Å². The maximum atomic E-state index is 11.0. The molecule has 0 saturated heterocycles. The Morgan fingerprint density at radius 2 is 1.47 bits per heavy atom. The fraction of sp³-hybridized carbons (Fsp3) is 0.500. The first-order valence-electron chi connectivity index (χ1n) is 12.7. The molecule has 0 fully saturated rings. The Labute approximate surface area is 223 Å². The lowest BCUT2D eigenvalue weighted by atomic mass is 9.78. The third-order valence-corrected chi connectivity index (χ3v) is 6.38. The number of aromatic nitrogens is 1. The summed E-state index contributed by atoms with van der Waals surface area (Å²) < 4.78 is 11.8. The van der Waals surface area contributed by atoms with Crippen molar-refractivity contribution in [2.75, 3.05) is 19.7 Å². The average molecular weight is 515 g/mol. The minimum absolute atomic E-state index is 0. The summed E-state index contributed by atoms with van der Waals surface area (Å²) >= 11 is 0. The van der Waals surface area contributed by atoms with Crippen molar-refractivity contribution in [3.05, 3.63) is 65.0 Å². The normalized spacial score (nSPS) is 12.0. The smallest absolute Gasteiger partial charge is 0.226 e. The Morgan fingerprint density at radius 3 is 1.97 bits per heavy atom. The molecule has 0 aliphatic heterocycles. The number of nitrogens with zero attached hydrogens (tertiary/aromatic N) is 2. The van der Waals surface area contributed by atoms with E-state index < -0.39 is 0 Å². The van der Waals surface area contributed by atoms with Crippen LogP contribution in [0.5, 0.6) is 11.5 Å². The van der Waals surface area contributed by atoms with Crippen LogP contribution in [0.2, 0.25) is 0 Å². The Hall–Kier alpha value is -2.50. The predicted octanol–water partition coefficient (Wildman–Crippen LogP) is 7.53. The Kier molecular flexibility index (Phi) is 10.0. The number of phenolic OH excluding ortho intramolecular Hbond substituents is 1. The Balaban J connectivity index is 0.00000456. The highest BCUT2D eigenvalue weighted by Gasteiger charge is 2.27. The van der Waals surface area contributed by atoms with Gasteiger partial charge >= 0.3 is 0 Å². The fourth-order valence-corrected chi connectivity index (χ4v) is 4.13. The lowest BCUT2D eigenvalue weighted by Gasteiger charge is -2.27. The minimum Gasteiger partial charge on any atom is -0.507 e. The molecule has 0 radical (unpaired) electrons. The number of hydrogen-bond acceptors (Lipinski definition) is 5. The molecule has 0 amide bonds. The van der Waals surface area contributed by atoms with E-state index in [1.165, 1.54) is 5.56 Å². The molecule has 3 rings (SSSR count). The van der Waals surface area contributed by atoms with Crippen LogP contribution in [0.15, 0.2) is 47.1 Å². The van der Waals surface area contributed by atoms with Crippen LogP contribution in [-0.4, -0.2) is 34.7 Å². The average Bonchev–Trinajstić information content (AvgIpc) is 3.26. The summed E-state index contributed by atoms with van der Waals surface area (Å²) in [7, 11) is 0. The molecule has 0 aliphatic rings. The molecule has 198 valence electrons. The van der Waals surface area contributed by atoms with Crippen LogP contribution in [0.4, 0.5) is 0 Å². The number of hydrogen-bond donors (Lipinski definition) is 1. The summed E-state index contributed by atoms with van der Waals surface area (Å²) in [5.41, 5.74) is 4.41. The fourth-order valence-electron chi connectivity index (χ4n) is 4.13. The number of aromatic hydroxyl groups is 1. The second-order valence-electron chi connectivity index (χ2n) is 11.3. The maximum Gasteiger partial charge on any atom is 0.226 e. The second kappa shape index (κ2) is 12.2. The maximum absolute atomic E-state index is 11.0. The molecule has 6 heteroatoms. The molecule has 2 aromatic carbocycles. The molecule has 1 N–H and O–H groups in total. The van der Waals surface area contributed by atoms with Gasteiger partial charge in [-0.1, -0.05) is 67.5 Å². The second-order valence-corrected chi connectivity index (χ2v) is 11.3. The van der Waals surface area contributed by atoms with Crippen molar-refractivity contribution in [1.29, 1.82) is 0 Å². The topological polar surface area (TPSA) is 58.7 Å². The minimum atomic E-state index is -0.204. The van der Waals surface area contributed by atoms with Crippen molar-refractivity contribution in [2.45, 2.75) is 79.2 Å². The van der Waals surface area contributed by atoms with Gasteiger partial charge < -0.3 is 14.3 Å². The number of ether oxygens (including phenoxy) is 1. The van der Waals surface area contributed by atoms with Crippen molar-refractivity contribution in [1.82, 2.24) is 9.88 Å². The van der Waals surface area contributed by atoms with Crippen LogP contribution in [0.1, 0.15) is 77.8 Å². The summed E-state index contributed by atoms with van der Waals surface area (Å²) in [4.78, 5) is 7.11. The van der Waals surface area contributed by atoms with Gasteiger partial charge in [0, 0.05) is 29.7 Å². The molecule has 36 heavy (non-hydrogen) atoms. The summed E-state index contributed by atoms with van der Waals surface area (Å²) in [6.45, 7) is 20.6. The molecular formula is C30H43ClN2O3. The summed E-state index contributed by atoms with van der Waals surface area (Å²) in [6, 6.07) is 12.3. The van der Waals surface area contributed by atoms with Gasteiger partial charge in [0.15, 0.2) is 0 Å².